The van der Waals surface area contributed by atoms with Crippen LogP contribution in [0.2, 0.25) is 0 Å². The molecule has 0 saturated carbocycles. The van der Waals surface area contributed by atoms with Gasteiger partial charge in [0, 0.05) is 32.4 Å². The third-order valence-electron chi connectivity index (χ3n) is 2.98. The molecule has 0 aliphatic heterocycles. The second-order valence-corrected chi connectivity index (χ2v) is 4.37. The van der Waals surface area contributed by atoms with Crippen molar-refractivity contribution in [3.63, 3.8) is 0 Å². The summed E-state index contributed by atoms with van der Waals surface area (Å²) < 4.78 is 6.73. The van der Waals surface area contributed by atoms with E-state index in [0.29, 0.717) is 5.82 Å². The molecule has 0 radical (unpaired) electrons. The van der Waals surface area contributed by atoms with Crippen molar-refractivity contribution in [1.29, 1.82) is 0 Å². The van der Waals surface area contributed by atoms with E-state index in [4.69, 9.17) is 10.5 Å². The van der Waals surface area contributed by atoms with E-state index in [-0.39, 0.29) is 0 Å². The van der Waals surface area contributed by atoms with Crippen LogP contribution in [0.3, 0.4) is 0 Å². The van der Waals surface area contributed by atoms with Crippen molar-refractivity contribution in [2.45, 2.75) is 12.8 Å². The van der Waals surface area contributed by atoms with Crippen molar-refractivity contribution in [2.75, 3.05) is 19.5 Å². The van der Waals surface area contributed by atoms with Gasteiger partial charge in [0.05, 0.1) is 5.69 Å². The van der Waals surface area contributed by atoms with E-state index in [2.05, 4.69) is 29.4 Å². The first-order valence-electron chi connectivity index (χ1n) is 6.08. The molecule has 0 bridgehead atoms. The number of aromatic nitrogens is 2. The molecule has 4 heteroatoms. The summed E-state index contributed by atoms with van der Waals surface area (Å²) in [6, 6.07) is 10.3. The van der Waals surface area contributed by atoms with Gasteiger partial charge in [-0.3, -0.25) is 4.68 Å². The number of hydrogen-bond donors (Lipinski definition) is 1. The van der Waals surface area contributed by atoms with Gasteiger partial charge in [0.15, 0.2) is 0 Å². The summed E-state index contributed by atoms with van der Waals surface area (Å²) in [5, 5.41) is 4.36. The molecule has 18 heavy (non-hydrogen) atoms. The molecule has 0 aliphatic carbocycles. The van der Waals surface area contributed by atoms with Gasteiger partial charge < -0.3 is 10.5 Å². The number of ether oxygens (including phenoxy) is 1. The number of methoxy groups -OCH3 is 1. The molecule has 0 amide bonds. The van der Waals surface area contributed by atoms with Gasteiger partial charge >= 0.3 is 0 Å². The van der Waals surface area contributed by atoms with Gasteiger partial charge in [0.2, 0.25) is 0 Å². The molecule has 0 saturated heterocycles. The highest BCUT2D eigenvalue weighted by Gasteiger charge is 2.04. The minimum Gasteiger partial charge on any atom is -0.385 e. The van der Waals surface area contributed by atoms with Crippen LogP contribution in [0.4, 0.5) is 5.82 Å². The minimum atomic E-state index is 0.675. The van der Waals surface area contributed by atoms with E-state index in [9.17, 15) is 0 Å². The van der Waals surface area contributed by atoms with E-state index >= 15 is 0 Å². The van der Waals surface area contributed by atoms with Crippen LogP contribution < -0.4 is 5.73 Å². The summed E-state index contributed by atoms with van der Waals surface area (Å²) in [5.41, 5.74) is 9.11. The van der Waals surface area contributed by atoms with Gasteiger partial charge in [0.1, 0.15) is 5.82 Å². The second-order valence-electron chi connectivity index (χ2n) is 4.37. The Morgan fingerprint density at radius 2 is 2.00 bits per heavy atom. The molecule has 1 aromatic heterocycles. The Kier molecular flexibility index (Phi) is 3.99. The van der Waals surface area contributed by atoms with Gasteiger partial charge in [-0.05, 0) is 18.4 Å². The fourth-order valence-corrected chi connectivity index (χ4v) is 1.89. The number of hydrogen-bond acceptors (Lipinski definition) is 3. The summed E-state index contributed by atoms with van der Waals surface area (Å²) in [5.74, 6) is 0.675. The van der Waals surface area contributed by atoms with Crippen LogP contribution in [0, 0.1) is 0 Å². The molecular formula is C14H19N3O. The van der Waals surface area contributed by atoms with Crippen molar-refractivity contribution in [3.8, 4) is 11.3 Å². The number of nitrogens with zero attached hydrogens (tertiary/aromatic N) is 2. The largest absolute Gasteiger partial charge is 0.385 e. The number of nitrogens with two attached hydrogens (primary N) is 1. The maximum Gasteiger partial charge on any atom is 0.121 e. The van der Waals surface area contributed by atoms with E-state index in [1.165, 1.54) is 5.56 Å². The molecule has 0 unspecified atom stereocenters. The average molecular weight is 245 g/mol. The fourth-order valence-electron chi connectivity index (χ4n) is 1.89. The maximum absolute atomic E-state index is 5.78. The van der Waals surface area contributed by atoms with Crippen molar-refractivity contribution in [3.05, 3.63) is 35.9 Å². The fraction of sp³-hybridized carbons (Fsp3) is 0.357. The number of benzene rings is 1. The molecule has 2 rings (SSSR count). The van der Waals surface area contributed by atoms with E-state index in [1.807, 2.05) is 13.1 Å². The molecule has 0 spiro atoms. The van der Waals surface area contributed by atoms with Crippen molar-refractivity contribution >= 4 is 5.82 Å². The first-order chi connectivity index (χ1) is 8.70. The lowest BCUT2D eigenvalue weighted by molar-refractivity contribution is 0.195. The standard InChI is InChI=1S/C14H19N3O/c1-17-14(15)10-13(16-17)12-7-5-11(6-8-12)4-3-9-18-2/h5-8,10H,3-4,9,15H2,1-2H3. The van der Waals surface area contributed by atoms with Crippen LogP contribution >= 0.6 is 0 Å². The van der Waals surface area contributed by atoms with Crippen LogP contribution in [0.25, 0.3) is 11.3 Å². The second kappa shape index (κ2) is 5.69. The zero-order valence-electron chi connectivity index (χ0n) is 10.9. The third kappa shape index (κ3) is 2.90. The first-order valence-corrected chi connectivity index (χ1v) is 6.08. The van der Waals surface area contributed by atoms with Crippen molar-refractivity contribution < 1.29 is 4.74 Å². The number of rotatable bonds is 5. The molecule has 2 aromatic rings. The highest BCUT2D eigenvalue weighted by atomic mass is 16.5. The number of nitrogen functional groups attached to an aromatic ring is 1. The predicted molar refractivity (Wildman–Crippen MR) is 73.3 cm³/mol. The van der Waals surface area contributed by atoms with Crippen molar-refractivity contribution in [2.24, 2.45) is 7.05 Å². The van der Waals surface area contributed by atoms with E-state index in [0.717, 1.165) is 30.7 Å². The van der Waals surface area contributed by atoms with Gasteiger partial charge in [0.25, 0.3) is 0 Å². The van der Waals surface area contributed by atoms with Crippen molar-refractivity contribution in [1.82, 2.24) is 9.78 Å². The molecule has 1 aromatic carbocycles. The monoisotopic (exact) mass is 245 g/mol. The van der Waals surface area contributed by atoms with E-state index in [1.54, 1.807) is 11.8 Å². The SMILES string of the molecule is COCCCc1ccc(-c2cc(N)n(C)n2)cc1. The van der Waals surface area contributed by atoms with Crippen LogP contribution in [0.5, 0.6) is 0 Å². The van der Waals surface area contributed by atoms with Gasteiger partial charge in [-0.2, -0.15) is 5.10 Å². The molecule has 4 nitrogen and oxygen atoms in total. The maximum atomic E-state index is 5.78. The normalized spacial score (nSPS) is 10.8. The Labute approximate surface area is 107 Å². The van der Waals surface area contributed by atoms with Crippen LogP contribution in [-0.4, -0.2) is 23.5 Å². The van der Waals surface area contributed by atoms with Gasteiger partial charge in [-0.15, -0.1) is 0 Å². The lowest BCUT2D eigenvalue weighted by Crippen LogP contribution is -1.96. The molecule has 1 heterocycles. The average Bonchev–Trinajstić information content (AvgIpc) is 2.71. The summed E-state index contributed by atoms with van der Waals surface area (Å²) >= 11 is 0. The first kappa shape index (κ1) is 12.6. The predicted octanol–water partition coefficient (Wildman–Crippen LogP) is 2.25. The molecular weight excluding hydrogens is 226 g/mol. The summed E-state index contributed by atoms with van der Waals surface area (Å²) in [6.07, 6.45) is 2.09. The lowest BCUT2D eigenvalue weighted by Gasteiger charge is -2.02. The summed E-state index contributed by atoms with van der Waals surface area (Å²) in [6.45, 7) is 0.804. The van der Waals surface area contributed by atoms with Crippen LogP contribution in [0.15, 0.2) is 30.3 Å². The highest BCUT2D eigenvalue weighted by molar-refractivity contribution is 5.62. The summed E-state index contributed by atoms with van der Waals surface area (Å²) in [7, 11) is 3.58. The Balaban J connectivity index is 2.07. The minimum absolute atomic E-state index is 0.675. The Bertz CT molecular complexity index is 483. The molecule has 0 atom stereocenters. The Morgan fingerprint density at radius 1 is 1.28 bits per heavy atom. The Morgan fingerprint density at radius 3 is 2.56 bits per heavy atom. The molecule has 2 N–H and O–H groups in total. The van der Waals surface area contributed by atoms with Crippen LogP contribution in [-0.2, 0) is 18.2 Å². The zero-order chi connectivity index (χ0) is 13.0. The Hall–Kier alpha value is -1.81. The molecule has 96 valence electrons. The van der Waals surface area contributed by atoms with Gasteiger partial charge in [-0.25, -0.2) is 0 Å². The highest BCUT2D eigenvalue weighted by Crippen LogP contribution is 2.20. The quantitative estimate of drug-likeness (QED) is 0.822. The molecule has 0 aliphatic rings. The molecule has 0 fully saturated rings. The number of anilines is 1. The zero-order valence-corrected chi connectivity index (χ0v) is 10.9. The van der Waals surface area contributed by atoms with Gasteiger partial charge in [-0.1, -0.05) is 24.3 Å². The third-order valence-corrected chi connectivity index (χ3v) is 2.98. The topological polar surface area (TPSA) is 53.1 Å². The van der Waals surface area contributed by atoms with Crippen LogP contribution in [0.1, 0.15) is 12.0 Å². The number of aryl methyl sites for hydroxylation is 2. The summed E-state index contributed by atoms with van der Waals surface area (Å²) in [4.78, 5) is 0. The smallest absolute Gasteiger partial charge is 0.121 e. The lowest BCUT2D eigenvalue weighted by atomic mass is 10.1. The van der Waals surface area contributed by atoms with E-state index < -0.39 is 0 Å².